The van der Waals surface area contributed by atoms with Crippen molar-refractivity contribution in [1.29, 1.82) is 0 Å². The molecule has 1 fully saturated rings. The van der Waals surface area contributed by atoms with Crippen LogP contribution in [0.3, 0.4) is 0 Å². The summed E-state index contributed by atoms with van der Waals surface area (Å²) in [6.07, 6.45) is 0.271. The number of carbonyl (C=O) groups excluding carboxylic acids is 4. The number of methoxy groups -OCH3 is 1. The zero-order chi connectivity index (χ0) is 21.2. The molecule has 1 saturated heterocycles. The number of nitrogens with zero attached hydrogens (tertiary/aromatic N) is 1. The molecule has 0 saturated carbocycles. The molecule has 0 unspecified atom stereocenters. The van der Waals surface area contributed by atoms with E-state index in [2.05, 4.69) is 15.4 Å². The van der Waals surface area contributed by atoms with Crippen LogP contribution in [0.25, 0.3) is 0 Å². The number of carbonyl (C=O) groups is 4. The molecule has 10 nitrogen and oxygen atoms in total. The van der Waals surface area contributed by atoms with Crippen molar-refractivity contribution in [2.75, 3.05) is 26.8 Å². The lowest BCUT2D eigenvalue weighted by atomic mass is 10.2. The molecular weight excluding hydrogens is 382 g/mol. The first kappa shape index (κ1) is 22.2. The van der Waals surface area contributed by atoms with Crippen LogP contribution in [-0.4, -0.2) is 72.8 Å². The topological polar surface area (TPSA) is 134 Å². The number of hydrogen-bond donors (Lipinski definition) is 3. The molecule has 1 aromatic rings. The maximum atomic E-state index is 12.4. The molecule has 1 aliphatic heterocycles. The first-order valence-electron chi connectivity index (χ1n) is 9.19. The number of hydrogen-bond acceptors (Lipinski definition) is 7. The Morgan fingerprint density at radius 2 is 1.97 bits per heavy atom. The summed E-state index contributed by atoms with van der Waals surface area (Å²) in [4.78, 5) is 49.5. The van der Waals surface area contributed by atoms with Gasteiger partial charge < -0.3 is 30.1 Å². The number of rotatable bonds is 8. The van der Waals surface area contributed by atoms with Crippen LogP contribution in [0.15, 0.2) is 30.3 Å². The summed E-state index contributed by atoms with van der Waals surface area (Å²) in [5, 5.41) is 14.0. The normalized spacial score (nSPS) is 16.6. The zero-order valence-corrected chi connectivity index (χ0v) is 16.1. The number of esters is 1. The lowest BCUT2D eigenvalue weighted by molar-refractivity contribution is -0.147. The summed E-state index contributed by atoms with van der Waals surface area (Å²) in [5.74, 6) is -1.79. The molecule has 2 atom stereocenters. The summed E-state index contributed by atoms with van der Waals surface area (Å²) in [6, 6.07) is 7.11. The molecule has 10 heteroatoms. The van der Waals surface area contributed by atoms with E-state index in [0.29, 0.717) is 19.4 Å². The summed E-state index contributed by atoms with van der Waals surface area (Å²) < 4.78 is 9.55. The largest absolute Gasteiger partial charge is 0.467 e. The Bertz CT molecular complexity index is 726. The minimum atomic E-state index is -1.20. The number of alkyl carbamates (subject to hydrolysis) is 1. The van der Waals surface area contributed by atoms with Crippen LogP contribution < -0.4 is 10.6 Å². The molecule has 29 heavy (non-hydrogen) atoms. The molecule has 2 rings (SSSR count). The highest BCUT2D eigenvalue weighted by atomic mass is 16.5. The molecule has 3 amide bonds. The maximum absolute atomic E-state index is 12.4. The third-order valence-electron chi connectivity index (χ3n) is 4.46. The number of aliphatic hydroxyl groups excluding tert-OH is 1. The van der Waals surface area contributed by atoms with E-state index in [1.165, 1.54) is 4.90 Å². The Morgan fingerprint density at radius 1 is 1.24 bits per heavy atom. The molecule has 0 aliphatic carbocycles. The molecule has 1 aliphatic rings. The molecule has 0 bridgehead atoms. The average Bonchev–Trinajstić information content (AvgIpc) is 3.24. The highest BCUT2D eigenvalue weighted by Gasteiger charge is 2.35. The quantitative estimate of drug-likeness (QED) is 0.497. The van der Waals surface area contributed by atoms with Gasteiger partial charge in [0.05, 0.1) is 13.7 Å². The fourth-order valence-corrected chi connectivity index (χ4v) is 2.95. The van der Waals surface area contributed by atoms with Crippen molar-refractivity contribution >= 4 is 23.9 Å². The monoisotopic (exact) mass is 407 g/mol. The second-order valence-electron chi connectivity index (χ2n) is 6.43. The van der Waals surface area contributed by atoms with E-state index < -0.39 is 42.6 Å². The van der Waals surface area contributed by atoms with Crippen molar-refractivity contribution in [3.05, 3.63) is 35.9 Å². The third-order valence-corrected chi connectivity index (χ3v) is 4.46. The number of ether oxygens (including phenoxy) is 2. The predicted octanol–water partition coefficient (Wildman–Crippen LogP) is -0.446. The van der Waals surface area contributed by atoms with Crippen LogP contribution in [0.2, 0.25) is 0 Å². The minimum Gasteiger partial charge on any atom is -0.467 e. The van der Waals surface area contributed by atoms with E-state index in [1.54, 1.807) is 12.1 Å². The van der Waals surface area contributed by atoms with Gasteiger partial charge in [-0.3, -0.25) is 9.59 Å². The highest BCUT2D eigenvalue weighted by Crippen LogP contribution is 2.17. The number of benzene rings is 1. The van der Waals surface area contributed by atoms with E-state index in [-0.39, 0.29) is 13.2 Å². The highest BCUT2D eigenvalue weighted by molar-refractivity contribution is 5.92. The Balaban J connectivity index is 1.81. The lowest BCUT2D eigenvalue weighted by Crippen LogP contribution is -2.53. The van der Waals surface area contributed by atoms with Gasteiger partial charge in [0.15, 0.2) is 6.04 Å². The van der Waals surface area contributed by atoms with Gasteiger partial charge in [0.1, 0.15) is 19.2 Å². The van der Waals surface area contributed by atoms with Gasteiger partial charge in [-0.2, -0.15) is 0 Å². The molecule has 1 heterocycles. The standard InChI is InChI=1S/C19H25N3O7/c1-28-18(26)14(11-23)21-17(25)15-8-5-9-22(15)16(24)10-20-19(27)29-12-13-6-3-2-4-7-13/h2-4,6-7,14-15,23H,5,8-12H2,1H3,(H,20,27)(H,21,25)/t14-,15+/m1/s1. The van der Waals surface area contributed by atoms with Crippen molar-refractivity contribution in [1.82, 2.24) is 15.5 Å². The molecular formula is C19H25N3O7. The predicted molar refractivity (Wildman–Crippen MR) is 100 cm³/mol. The zero-order valence-electron chi connectivity index (χ0n) is 16.1. The Kier molecular flexibility index (Phi) is 8.41. The van der Waals surface area contributed by atoms with Crippen molar-refractivity contribution < 1.29 is 33.8 Å². The van der Waals surface area contributed by atoms with Crippen molar-refractivity contribution in [3.63, 3.8) is 0 Å². The van der Waals surface area contributed by atoms with E-state index >= 15 is 0 Å². The number of likely N-dealkylation sites (tertiary alicyclic amines) is 1. The van der Waals surface area contributed by atoms with Crippen LogP contribution in [0.4, 0.5) is 4.79 Å². The van der Waals surface area contributed by atoms with Crippen LogP contribution in [-0.2, 0) is 30.5 Å². The minimum absolute atomic E-state index is 0.0751. The smallest absolute Gasteiger partial charge is 0.407 e. The van der Waals surface area contributed by atoms with Crippen LogP contribution in [0, 0.1) is 0 Å². The number of amides is 3. The molecule has 158 valence electrons. The van der Waals surface area contributed by atoms with Crippen LogP contribution in [0.5, 0.6) is 0 Å². The van der Waals surface area contributed by atoms with Gasteiger partial charge in [-0.15, -0.1) is 0 Å². The molecule has 0 aromatic heterocycles. The fraction of sp³-hybridized carbons (Fsp3) is 0.474. The van der Waals surface area contributed by atoms with Crippen molar-refractivity contribution in [2.24, 2.45) is 0 Å². The van der Waals surface area contributed by atoms with Gasteiger partial charge in [0, 0.05) is 6.54 Å². The van der Waals surface area contributed by atoms with Crippen molar-refractivity contribution in [3.8, 4) is 0 Å². The van der Waals surface area contributed by atoms with Gasteiger partial charge in [-0.05, 0) is 18.4 Å². The van der Waals surface area contributed by atoms with Crippen molar-refractivity contribution in [2.45, 2.75) is 31.5 Å². The van der Waals surface area contributed by atoms with E-state index in [1.807, 2.05) is 18.2 Å². The first-order chi connectivity index (χ1) is 14.0. The van der Waals surface area contributed by atoms with Crippen LogP contribution >= 0.6 is 0 Å². The van der Waals surface area contributed by atoms with Crippen LogP contribution in [0.1, 0.15) is 18.4 Å². The van der Waals surface area contributed by atoms with E-state index in [4.69, 9.17) is 4.74 Å². The van der Waals surface area contributed by atoms with Gasteiger partial charge >= 0.3 is 12.1 Å². The Labute approximate surface area is 168 Å². The first-order valence-corrected chi connectivity index (χ1v) is 9.19. The van der Waals surface area contributed by atoms with E-state index in [0.717, 1.165) is 12.7 Å². The summed E-state index contributed by atoms with van der Waals surface area (Å²) >= 11 is 0. The second-order valence-corrected chi connectivity index (χ2v) is 6.43. The SMILES string of the molecule is COC(=O)[C@@H](CO)NC(=O)[C@@H]1CCCN1C(=O)CNC(=O)OCc1ccccc1. The molecule has 1 aromatic carbocycles. The molecule has 3 N–H and O–H groups in total. The molecule has 0 radical (unpaired) electrons. The fourth-order valence-electron chi connectivity index (χ4n) is 2.95. The van der Waals surface area contributed by atoms with Gasteiger partial charge in [-0.25, -0.2) is 9.59 Å². The summed E-state index contributed by atoms with van der Waals surface area (Å²) in [5.41, 5.74) is 0.814. The summed E-state index contributed by atoms with van der Waals surface area (Å²) in [7, 11) is 1.14. The maximum Gasteiger partial charge on any atom is 0.407 e. The van der Waals surface area contributed by atoms with Gasteiger partial charge in [-0.1, -0.05) is 30.3 Å². The Hall–Kier alpha value is -3.14. The number of nitrogens with one attached hydrogen (secondary N) is 2. The lowest BCUT2D eigenvalue weighted by Gasteiger charge is -2.25. The Morgan fingerprint density at radius 3 is 2.62 bits per heavy atom. The van der Waals surface area contributed by atoms with Gasteiger partial charge in [0.2, 0.25) is 11.8 Å². The number of aliphatic hydroxyl groups is 1. The molecule has 0 spiro atoms. The van der Waals surface area contributed by atoms with E-state index in [9.17, 15) is 24.3 Å². The average molecular weight is 407 g/mol. The third kappa shape index (κ3) is 6.46. The van der Waals surface area contributed by atoms with Gasteiger partial charge in [0.25, 0.3) is 0 Å². The summed E-state index contributed by atoms with van der Waals surface area (Å²) in [6.45, 7) is -0.517. The second kappa shape index (κ2) is 11.0.